The molecule has 0 atom stereocenters. The third-order valence-electron chi connectivity index (χ3n) is 4.10. The largest absolute Gasteiger partial charge is 0.416 e. The summed E-state index contributed by atoms with van der Waals surface area (Å²) < 4.78 is 66.4. The summed E-state index contributed by atoms with van der Waals surface area (Å²) in [7, 11) is -4.11. The summed E-state index contributed by atoms with van der Waals surface area (Å²) in [6.45, 7) is 6.87. The third-order valence-corrected chi connectivity index (χ3v) is 6.07. The van der Waals surface area contributed by atoms with Crippen LogP contribution in [0.15, 0.2) is 29.2 Å². The van der Waals surface area contributed by atoms with E-state index in [2.05, 4.69) is 4.72 Å². The van der Waals surface area contributed by atoms with Gasteiger partial charge in [-0.25, -0.2) is 8.42 Å². The Labute approximate surface area is 149 Å². The summed E-state index contributed by atoms with van der Waals surface area (Å²) in [4.78, 5) is 0.0541. The summed E-state index contributed by atoms with van der Waals surface area (Å²) in [6.07, 6.45) is -4.60. The fourth-order valence-electron chi connectivity index (χ4n) is 2.56. The van der Waals surface area contributed by atoms with Crippen LogP contribution in [-0.2, 0) is 16.2 Å². The summed E-state index contributed by atoms with van der Waals surface area (Å²) in [5.74, 6) is 0. The van der Waals surface area contributed by atoms with Crippen molar-refractivity contribution in [2.45, 2.75) is 38.8 Å². The van der Waals surface area contributed by atoms with E-state index in [-0.39, 0.29) is 15.6 Å². The van der Waals surface area contributed by atoms with E-state index < -0.39 is 21.8 Å². The molecule has 0 saturated carbocycles. The number of benzene rings is 2. The molecule has 0 spiro atoms. The fourth-order valence-corrected chi connectivity index (χ4v) is 4.47. The van der Waals surface area contributed by atoms with Gasteiger partial charge in [0.05, 0.1) is 21.2 Å². The summed E-state index contributed by atoms with van der Waals surface area (Å²) in [5.41, 5.74) is 1.34. The molecule has 0 unspecified atom stereocenters. The van der Waals surface area contributed by atoms with Crippen molar-refractivity contribution in [3.63, 3.8) is 0 Å². The Morgan fingerprint density at radius 3 is 1.96 bits per heavy atom. The molecule has 0 aromatic heterocycles. The third kappa shape index (κ3) is 3.93. The van der Waals surface area contributed by atoms with Crippen molar-refractivity contribution in [3.8, 4) is 0 Å². The SMILES string of the molecule is Cc1cc(C)c(C)c(S(=O)(=O)Nc2cc(C(F)(F)F)ccc2Cl)c1C. The van der Waals surface area contributed by atoms with E-state index >= 15 is 0 Å². The molecule has 2 rings (SSSR count). The lowest BCUT2D eigenvalue weighted by Crippen LogP contribution is -2.18. The minimum atomic E-state index is -4.60. The molecule has 0 aliphatic rings. The van der Waals surface area contributed by atoms with Crippen LogP contribution in [0, 0.1) is 27.7 Å². The van der Waals surface area contributed by atoms with Crippen LogP contribution in [0.5, 0.6) is 0 Å². The van der Waals surface area contributed by atoms with Gasteiger partial charge in [0.1, 0.15) is 0 Å². The van der Waals surface area contributed by atoms with Gasteiger partial charge in [0.2, 0.25) is 0 Å². The monoisotopic (exact) mass is 391 g/mol. The second-order valence-electron chi connectivity index (χ2n) is 5.89. The number of rotatable bonds is 3. The van der Waals surface area contributed by atoms with Crippen LogP contribution < -0.4 is 4.72 Å². The molecule has 0 aliphatic heterocycles. The zero-order chi connectivity index (χ0) is 19.2. The Hall–Kier alpha value is -1.73. The Morgan fingerprint density at radius 2 is 1.48 bits per heavy atom. The van der Waals surface area contributed by atoms with Crippen LogP contribution in [0.1, 0.15) is 27.8 Å². The van der Waals surface area contributed by atoms with Crippen LogP contribution in [0.2, 0.25) is 5.02 Å². The highest BCUT2D eigenvalue weighted by molar-refractivity contribution is 7.92. The molecule has 0 radical (unpaired) electrons. The second-order valence-corrected chi connectivity index (χ2v) is 7.91. The molecule has 136 valence electrons. The number of sulfonamides is 1. The lowest BCUT2D eigenvalue weighted by atomic mass is 10.0. The molecule has 8 heteroatoms. The number of hydrogen-bond donors (Lipinski definition) is 1. The summed E-state index contributed by atoms with van der Waals surface area (Å²) in [6, 6.07) is 4.37. The first kappa shape index (κ1) is 19.6. The van der Waals surface area contributed by atoms with E-state index in [1.807, 2.05) is 6.07 Å². The zero-order valence-electron chi connectivity index (χ0n) is 14.0. The summed E-state index contributed by atoms with van der Waals surface area (Å²) >= 11 is 5.89. The molecular formula is C17H17ClF3NO2S. The van der Waals surface area contributed by atoms with E-state index in [9.17, 15) is 21.6 Å². The molecule has 2 aromatic rings. The van der Waals surface area contributed by atoms with Gasteiger partial charge >= 0.3 is 6.18 Å². The van der Waals surface area contributed by atoms with Crippen molar-refractivity contribution >= 4 is 27.3 Å². The normalized spacial score (nSPS) is 12.3. The number of hydrogen-bond acceptors (Lipinski definition) is 2. The van der Waals surface area contributed by atoms with E-state index in [1.54, 1.807) is 27.7 Å². The molecule has 0 amide bonds. The molecule has 1 N–H and O–H groups in total. The van der Waals surface area contributed by atoms with Crippen molar-refractivity contribution in [2.24, 2.45) is 0 Å². The number of anilines is 1. The Kier molecular flexibility index (Phi) is 5.12. The fraction of sp³-hybridized carbons (Fsp3) is 0.294. The lowest BCUT2D eigenvalue weighted by molar-refractivity contribution is -0.137. The van der Waals surface area contributed by atoms with Crippen molar-refractivity contribution in [1.29, 1.82) is 0 Å². The smallest absolute Gasteiger partial charge is 0.278 e. The van der Waals surface area contributed by atoms with Crippen molar-refractivity contribution in [2.75, 3.05) is 4.72 Å². The van der Waals surface area contributed by atoms with E-state index in [1.165, 1.54) is 0 Å². The van der Waals surface area contributed by atoms with Crippen LogP contribution in [0.25, 0.3) is 0 Å². The van der Waals surface area contributed by atoms with Gasteiger partial charge in [-0.2, -0.15) is 13.2 Å². The van der Waals surface area contributed by atoms with Gasteiger partial charge in [0.15, 0.2) is 0 Å². The molecular weight excluding hydrogens is 375 g/mol. The minimum absolute atomic E-state index is 0.0541. The van der Waals surface area contributed by atoms with Gasteiger partial charge in [-0.05, 0) is 68.1 Å². The van der Waals surface area contributed by atoms with Crippen LogP contribution in [-0.4, -0.2) is 8.42 Å². The highest BCUT2D eigenvalue weighted by atomic mass is 35.5. The van der Waals surface area contributed by atoms with E-state index in [0.29, 0.717) is 17.2 Å². The number of nitrogens with one attached hydrogen (secondary N) is 1. The molecule has 0 fully saturated rings. The lowest BCUT2D eigenvalue weighted by Gasteiger charge is -2.18. The van der Waals surface area contributed by atoms with Crippen LogP contribution >= 0.6 is 11.6 Å². The highest BCUT2D eigenvalue weighted by Gasteiger charge is 2.32. The maximum atomic E-state index is 12.9. The topological polar surface area (TPSA) is 46.2 Å². The second kappa shape index (κ2) is 6.53. The van der Waals surface area contributed by atoms with Crippen molar-refractivity contribution in [3.05, 3.63) is 57.1 Å². The zero-order valence-corrected chi connectivity index (χ0v) is 15.6. The van der Waals surface area contributed by atoms with E-state index in [4.69, 9.17) is 11.6 Å². The van der Waals surface area contributed by atoms with Crippen LogP contribution in [0.4, 0.5) is 18.9 Å². The maximum absolute atomic E-state index is 12.9. The molecule has 25 heavy (non-hydrogen) atoms. The molecule has 0 heterocycles. The average Bonchev–Trinajstić information content (AvgIpc) is 2.46. The molecule has 0 aliphatic carbocycles. The van der Waals surface area contributed by atoms with Gasteiger partial charge in [0.25, 0.3) is 10.0 Å². The molecule has 0 saturated heterocycles. The molecule has 2 aromatic carbocycles. The first-order valence-corrected chi connectivity index (χ1v) is 9.17. The number of alkyl halides is 3. The summed E-state index contributed by atoms with van der Waals surface area (Å²) in [5, 5.41) is -0.115. The minimum Gasteiger partial charge on any atom is -0.278 e. The first-order chi connectivity index (χ1) is 11.3. The van der Waals surface area contributed by atoms with Crippen molar-refractivity contribution in [1.82, 2.24) is 0 Å². The standard InChI is InChI=1S/C17H17ClF3NO2S/c1-9-7-10(2)12(4)16(11(9)3)25(23,24)22-15-8-13(17(19,20)21)5-6-14(15)18/h5-8,22H,1-4H3. The maximum Gasteiger partial charge on any atom is 0.416 e. The predicted octanol–water partition coefficient (Wildman–Crippen LogP) is 5.39. The highest BCUT2D eigenvalue weighted by Crippen LogP contribution is 2.35. The Morgan fingerprint density at radius 1 is 0.960 bits per heavy atom. The Bertz CT molecular complexity index is 912. The van der Waals surface area contributed by atoms with Gasteiger partial charge < -0.3 is 0 Å². The molecule has 3 nitrogen and oxygen atoms in total. The van der Waals surface area contributed by atoms with E-state index in [0.717, 1.165) is 23.3 Å². The molecule has 0 bridgehead atoms. The Balaban J connectivity index is 2.58. The van der Waals surface area contributed by atoms with Gasteiger partial charge in [0, 0.05) is 0 Å². The van der Waals surface area contributed by atoms with Gasteiger partial charge in [-0.3, -0.25) is 4.72 Å². The average molecular weight is 392 g/mol. The number of aryl methyl sites for hydroxylation is 2. The number of halogens is 4. The quantitative estimate of drug-likeness (QED) is 0.762. The van der Waals surface area contributed by atoms with Crippen molar-refractivity contribution < 1.29 is 21.6 Å². The predicted molar refractivity (Wildman–Crippen MR) is 92.7 cm³/mol. The van der Waals surface area contributed by atoms with Crippen LogP contribution in [0.3, 0.4) is 0 Å². The first-order valence-electron chi connectivity index (χ1n) is 7.31. The van der Waals surface area contributed by atoms with Gasteiger partial charge in [-0.15, -0.1) is 0 Å². The van der Waals surface area contributed by atoms with Gasteiger partial charge in [-0.1, -0.05) is 17.7 Å².